The molecule has 1 aliphatic rings. The Morgan fingerprint density at radius 2 is 1.83 bits per heavy atom. The summed E-state index contributed by atoms with van der Waals surface area (Å²) in [6.07, 6.45) is 2.04. The molecule has 4 aromatic rings. The number of rotatable bonds is 6. The molecule has 5 rings (SSSR count). The zero-order valence-electron chi connectivity index (χ0n) is 20.1. The number of ether oxygens (including phenoxy) is 2. The van der Waals surface area contributed by atoms with Crippen molar-refractivity contribution < 1.29 is 14.3 Å². The number of nitrogens with one attached hydrogen (secondary N) is 1. The molecule has 3 heterocycles. The van der Waals surface area contributed by atoms with Gasteiger partial charge in [-0.05, 0) is 48.9 Å². The number of para-hydroxylation sites is 1. The molecule has 1 aliphatic heterocycles. The second-order valence-corrected chi connectivity index (χ2v) is 8.47. The third-order valence-electron chi connectivity index (χ3n) is 6.36. The van der Waals surface area contributed by atoms with Gasteiger partial charge in [-0.3, -0.25) is 0 Å². The lowest BCUT2D eigenvalue weighted by Gasteiger charge is -2.31. The van der Waals surface area contributed by atoms with Crippen LogP contribution in [0.4, 0.5) is 4.79 Å². The molecule has 0 saturated heterocycles. The van der Waals surface area contributed by atoms with Gasteiger partial charge in [0.15, 0.2) is 0 Å². The van der Waals surface area contributed by atoms with Gasteiger partial charge in [-0.25, -0.2) is 9.48 Å². The highest BCUT2D eigenvalue weighted by atomic mass is 16.5. The summed E-state index contributed by atoms with van der Waals surface area (Å²) in [5, 5.41) is 7.89. The Bertz CT molecular complexity index is 1310. The van der Waals surface area contributed by atoms with Crippen LogP contribution in [0.15, 0.2) is 72.9 Å². The monoisotopic (exact) mass is 471 g/mol. The molecule has 2 aromatic carbocycles. The number of amides is 2. The van der Waals surface area contributed by atoms with Gasteiger partial charge in [0.25, 0.3) is 0 Å². The van der Waals surface area contributed by atoms with Gasteiger partial charge in [-0.15, -0.1) is 0 Å². The first-order valence-electron chi connectivity index (χ1n) is 11.6. The van der Waals surface area contributed by atoms with E-state index < -0.39 is 0 Å². The van der Waals surface area contributed by atoms with E-state index >= 15 is 0 Å². The Labute approximate surface area is 204 Å². The number of nitrogens with zero attached hydrogens (tertiary/aromatic N) is 4. The number of aryl methyl sites for hydroxylation is 1. The van der Waals surface area contributed by atoms with E-state index in [4.69, 9.17) is 14.6 Å². The average molecular weight is 472 g/mol. The van der Waals surface area contributed by atoms with E-state index in [9.17, 15) is 4.79 Å². The standard InChI is InChI=1S/C27H29N5O3/c1-19-23-18-31(27(33)28-15-17-34-2)25(20-11-13-22(35-3)14-12-20)24-10-7-16-30(24)26(23)32(29-19)21-8-5-4-6-9-21/h4-14,16,25H,15,17-18H2,1-3H3,(H,28,33)/t25-/m1/s1. The minimum atomic E-state index is -0.311. The van der Waals surface area contributed by atoms with Gasteiger partial charge in [-0.2, -0.15) is 5.10 Å². The van der Waals surface area contributed by atoms with Crippen LogP contribution < -0.4 is 10.1 Å². The summed E-state index contributed by atoms with van der Waals surface area (Å²) in [7, 11) is 3.27. The van der Waals surface area contributed by atoms with Crippen LogP contribution in [-0.4, -0.2) is 52.6 Å². The van der Waals surface area contributed by atoms with E-state index in [1.54, 1.807) is 14.2 Å². The van der Waals surface area contributed by atoms with E-state index in [1.165, 1.54) is 0 Å². The third-order valence-corrected chi connectivity index (χ3v) is 6.36. The molecule has 0 aliphatic carbocycles. The lowest BCUT2D eigenvalue weighted by atomic mass is 10.0. The van der Waals surface area contributed by atoms with Crippen LogP contribution in [0.5, 0.6) is 5.75 Å². The number of urea groups is 1. The molecule has 8 heteroatoms. The van der Waals surface area contributed by atoms with Gasteiger partial charge in [0, 0.05) is 25.4 Å². The fourth-order valence-electron chi connectivity index (χ4n) is 4.65. The summed E-state index contributed by atoms with van der Waals surface area (Å²) in [5.74, 6) is 1.71. The molecule has 0 unspecified atom stereocenters. The summed E-state index contributed by atoms with van der Waals surface area (Å²) in [6, 6.07) is 21.6. The smallest absolute Gasteiger partial charge is 0.318 e. The summed E-state index contributed by atoms with van der Waals surface area (Å²) in [6.45, 7) is 3.28. The van der Waals surface area contributed by atoms with Gasteiger partial charge < -0.3 is 24.3 Å². The van der Waals surface area contributed by atoms with Gasteiger partial charge in [0.1, 0.15) is 11.6 Å². The lowest BCUT2D eigenvalue weighted by Crippen LogP contribution is -2.43. The Kier molecular flexibility index (Phi) is 6.29. The number of carbonyl (C=O) groups excluding carboxylic acids is 1. The Morgan fingerprint density at radius 3 is 2.54 bits per heavy atom. The highest BCUT2D eigenvalue weighted by Crippen LogP contribution is 2.38. The predicted molar refractivity (Wildman–Crippen MR) is 133 cm³/mol. The van der Waals surface area contributed by atoms with Crippen molar-refractivity contribution in [2.75, 3.05) is 27.4 Å². The largest absolute Gasteiger partial charge is 0.497 e. The second kappa shape index (κ2) is 9.68. The Balaban J connectivity index is 1.68. The predicted octanol–water partition coefficient (Wildman–Crippen LogP) is 4.24. The van der Waals surface area contributed by atoms with Gasteiger partial charge >= 0.3 is 6.03 Å². The van der Waals surface area contributed by atoms with Gasteiger partial charge in [0.05, 0.1) is 43.4 Å². The SMILES string of the molecule is COCCNC(=O)N1Cc2c(C)nn(-c3ccccc3)c2-n2cccc2[C@H]1c1ccc(OC)cc1. The number of hydrogen-bond acceptors (Lipinski definition) is 4. The second-order valence-electron chi connectivity index (χ2n) is 8.47. The number of fused-ring (bicyclic) bond motifs is 3. The summed E-state index contributed by atoms with van der Waals surface area (Å²) in [4.78, 5) is 15.4. The fourth-order valence-corrected chi connectivity index (χ4v) is 4.65. The maximum atomic E-state index is 13.6. The van der Waals surface area contributed by atoms with Crippen molar-refractivity contribution in [1.82, 2.24) is 24.6 Å². The number of aromatic nitrogens is 3. The van der Waals surface area contributed by atoms with Crippen molar-refractivity contribution in [3.63, 3.8) is 0 Å². The average Bonchev–Trinajstić information content (AvgIpc) is 3.45. The quantitative estimate of drug-likeness (QED) is 0.427. The summed E-state index contributed by atoms with van der Waals surface area (Å²) >= 11 is 0. The van der Waals surface area contributed by atoms with Gasteiger partial charge in [-0.1, -0.05) is 30.3 Å². The highest BCUT2D eigenvalue weighted by Gasteiger charge is 2.35. The van der Waals surface area contributed by atoms with Crippen LogP contribution in [0.3, 0.4) is 0 Å². The van der Waals surface area contributed by atoms with E-state index in [-0.39, 0.29) is 12.1 Å². The highest BCUT2D eigenvalue weighted by molar-refractivity contribution is 5.76. The van der Waals surface area contributed by atoms with Crippen LogP contribution in [0.2, 0.25) is 0 Å². The van der Waals surface area contributed by atoms with Crippen LogP contribution >= 0.6 is 0 Å². The van der Waals surface area contributed by atoms with E-state index in [2.05, 4.69) is 16.0 Å². The van der Waals surface area contributed by atoms with Crippen LogP contribution in [0.1, 0.15) is 28.6 Å². The summed E-state index contributed by atoms with van der Waals surface area (Å²) < 4.78 is 14.6. The van der Waals surface area contributed by atoms with Crippen molar-refractivity contribution in [2.24, 2.45) is 0 Å². The molecular formula is C27H29N5O3. The molecule has 0 radical (unpaired) electrons. The van der Waals surface area contributed by atoms with Crippen molar-refractivity contribution >= 4 is 6.03 Å². The molecule has 8 nitrogen and oxygen atoms in total. The number of methoxy groups -OCH3 is 2. The molecule has 180 valence electrons. The van der Waals surface area contributed by atoms with Crippen molar-refractivity contribution in [1.29, 1.82) is 0 Å². The number of carbonyl (C=O) groups is 1. The van der Waals surface area contributed by atoms with E-state index in [1.807, 2.05) is 83.4 Å². The Hall–Kier alpha value is -4.04. The first-order chi connectivity index (χ1) is 17.1. The zero-order valence-corrected chi connectivity index (χ0v) is 20.1. The minimum absolute atomic E-state index is 0.157. The Morgan fingerprint density at radius 1 is 1.06 bits per heavy atom. The minimum Gasteiger partial charge on any atom is -0.497 e. The summed E-state index contributed by atoms with van der Waals surface area (Å²) in [5.41, 5.74) is 4.83. The van der Waals surface area contributed by atoms with Crippen LogP contribution in [0.25, 0.3) is 11.5 Å². The molecular weight excluding hydrogens is 442 g/mol. The number of hydrogen-bond donors (Lipinski definition) is 1. The van der Waals surface area contributed by atoms with Crippen molar-refractivity contribution in [3.8, 4) is 17.3 Å². The molecule has 0 saturated carbocycles. The van der Waals surface area contributed by atoms with E-state index in [0.717, 1.165) is 39.8 Å². The molecule has 2 amide bonds. The first-order valence-corrected chi connectivity index (χ1v) is 11.6. The number of benzene rings is 2. The van der Waals surface area contributed by atoms with E-state index in [0.29, 0.717) is 19.7 Å². The lowest BCUT2D eigenvalue weighted by molar-refractivity contribution is 0.168. The van der Waals surface area contributed by atoms with Gasteiger partial charge in [0.2, 0.25) is 0 Å². The molecule has 2 aromatic heterocycles. The molecule has 35 heavy (non-hydrogen) atoms. The van der Waals surface area contributed by atoms with Crippen LogP contribution in [-0.2, 0) is 11.3 Å². The van der Waals surface area contributed by atoms with Crippen LogP contribution in [0, 0.1) is 6.92 Å². The maximum absolute atomic E-state index is 13.6. The zero-order chi connectivity index (χ0) is 24.4. The molecule has 1 atom stereocenters. The van der Waals surface area contributed by atoms with Crippen molar-refractivity contribution in [3.05, 3.63) is 95.4 Å². The fraction of sp³-hybridized carbons (Fsp3) is 0.259. The molecule has 0 spiro atoms. The van der Waals surface area contributed by atoms with Crippen molar-refractivity contribution in [2.45, 2.75) is 19.5 Å². The first kappa shape index (κ1) is 22.7. The normalized spacial score (nSPS) is 14.7. The topological polar surface area (TPSA) is 73.5 Å². The third kappa shape index (κ3) is 4.17. The molecule has 0 fully saturated rings. The molecule has 1 N–H and O–H groups in total. The molecule has 0 bridgehead atoms. The maximum Gasteiger partial charge on any atom is 0.318 e.